The fourth-order valence-electron chi connectivity index (χ4n) is 2.58. The molecule has 31 heavy (non-hydrogen) atoms. The van der Waals surface area contributed by atoms with Gasteiger partial charge in [0.2, 0.25) is 5.91 Å². The Hall–Kier alpha value is -3.76. The maximum atomic E-state index is 12.4. The highest BCUT2D eigenvalue weighted by Gasteiger charge is 2.21. The number of ether oxygens (including phenoxy) is 1. The number of amides is 2. The lowest BCUT2D eigenvalue weighted by molar-refractivity contribution is -0.116. The Kier molecular flexibility index (Phi) is 8.24. The topological polar surface area (TPSA) is 145 Å². The fourth-order valence-corrected chi connectivity index (χ4v) is 3.45. The average molecular weight is 439 g/mol. The molecule has 0 saturated heterocycles. The van der Waals surface area contributed by atoms with Gasteiger partial charge in [0.25, 0.3) is 5.91 Å². The van der Waals surface area contributed by atoms with Crippen molar-refractivity contribution >= 4 is 34.3 Å². The third-order valence-electron chi connectivity index (χ3n) is 3.93. The molecule has 0 aliphatic carbocycles. The molecule has 0 saturated carbocycles. The number of nitriles is 2. The lowest BCUT2D eigenvalue weighted by Gasteiger charge is -2.15. The van der Waals surface area contributed by atoms with Gasteiger partial charge in [0, 0.05) is 12.0 Å². The third kappa shape index (κ3) is 6.91. The van der Waals surface area contributed by atoms with Crippen LogP contribution in [0, 0.1) is 29.6 Å². The predicted octanol–water partition coefficient (Wildman–Crippen LogP) is 2.93. The highest BCUT2D eigenvalue weighted by molar-refractivity contribution is 7.17. The van der Waals surface area contributed by atoms with E-state index in [1.165, 1.54) is 12.1 Å². The minimum atomic E-state index is -0.741. The van der Waals surface area contributed by atoms with E-state index < -0.39 is 23.8 Å². The first-order chi connectivity index (χ1) is 14.7. The zero-order chi connectivity index (χ0) is 23.0. The van der Waals surface area contributed by atoms with E-state index in [9.17, 15) is 14.4 Å². The largest absolute Gasteiger partial charge is 0.459 e. The molecule has 1 aromatic carbocycles. The standard InChI is InChI=1S/C21H21N5O4S/c1-12(2)30-20(29)18-13(3)24-21(31-18)26-17(27)10-16(7-8-22)25-19(28)15-6-4-5-14(9-15)11-23/h4-6,9,12,16H,7,10H2,1-3H3,(H,25,28)(H,24,26,27). The summed E-state index contributed by atoms with van der Waals surface area (Å²) in [5.74, 6) is -1.47. The van der Waals surface area contributed by atoms with E-state index >= 15 is 0 Å². The highest BCUT2D eigenvalue weighted by atomic mass is 32.1. The molecule has 0 radical (unpaired) electrons. The number of thiazole rings is 1. The Labute approximate surface area is 183 Å². The Balaban J connectivity index is 2.03. The smallest absolute Gasteiger partial charge is 0.350 e. The molecule has 2 N–H and O–H groups in total. The predicted molar refractivity (Wildman–Crippen MR) is 113 cm³/mol. The number of rotatable bonds is 8. The van der Waals surface area contributed by atoms with Crippen molar-refractivity contribution in [2.45, 2.75) is 45.8 Å². The van der Waals surface area contributed by atoms with E-state index in [1.54, 1.807) is 32.9 Å². The summed E-state index contributed by atoms with van der Waals surface area (Å²) >= 11 is 0.993. The van der Waals surface area contributed by atoms with Crippen molar-refractivity contribution in [2.75, 3.05) is 5.32 Å². The molecular formula is C21H21N5O4S. The molecule has 9 nitrogen and oxygen atoms in total. The summed E-state index contributed by atoms with van der Waals surface area (Å²) in [5, 5.41) is 23.4. The normalized spacial score (nSPS) is 11.2. The van der Waals surface area contributed by atoms with Crippen LogP contribution in [0.25, 0.3) is 0 Å². The fraction of sp³-hybridized carbons (Fsp3) is 0.333. The van der Waals surface area contributed by atoms with Gasteiger partial charge in [-0.2, -0.15) is 10.5 Å². The number of carbonyl (C=O) groups excluding carboxylic acids is 3. The van der Waals surface area contributed by atoms with Gasteiger partial charge in [-0.25, -0.2) is 9.78 Å². The number of nitrogens with one attached hydrogen (secondary N) is 2. The van der Waals surface area contributed by atoms with Crippen LogP contribution in [0.2, 0.25) is 0 Å². The molecular weight excluding hydrogens is 418 g/mol. The molecule has 160 valence electrons. The first-order valence-electron chi connectivity index (χ1n) is 9.39. The zero-order valence-corrected chi connectivity index (χ0v) is 18.1. The van der Waals surface area contributed by atoms with Crippen molar-refractivity contribution in [3.8, 4) is 12.1 Å². The number of anilines is 1. The van der Waals surface area contributed by atoms with Crippen molar-refractivity contribution in [2.24, 2.45) is 0 Å². The van der Waals surface area contributed by atoms with Crippen molar-refractivity contribution in [3.63, 3.8) is 0 Å². The quantitative estimate of drug-likeness (QED) is 0.601. The first kappa shape index (κ1) is 23.5. The summed E-state index contributed by atoms with van der Waals surface area (Å²) < 4.78 is 5.15. The summed E-state index contributed by atoms with van der Waals surface area (Å²) in [6, 6.07) is 9.26. The van der Waals surface area contributed by atoms with E-state index in [4.69, 9.17) is 15.3 Å². The van der Waals surface area contributed by atoms with Gasteiger partial charge in [-0.1, -0.05) is 17.4 Å². The molecule has 2 amide bonds. The number of esters is 1. The molecule has 0 aliphatic heterocycles. The second-order valence-corrected chi connectivity index (χ2v) is 7.86. The van der Waals surface area contributed by atoms with Crippen LogP contribution < -0.4 is 10.6 Å². The minimum absolute atomic E-state index is 0.0834. The van der Waals surface area contributed by atoms with Gasteiger partial charge in [0.05, 0.1) is 42.0 Å². The van der Waals surface area contributed by atoms with E-state index in [0.717, 1.165) is 11.3 Å². The Bertz CT molecular complexity index is 1060. The number of hydrogen-bond acceptors (Lipinski definition) is 8. The Morgan fingerprint density at radius 1 is 1.26 bits per heavy atom. The molecule has 2 rings (SSSR count). The van der Waals surface area contributed by atoms with Crippen molar-refractivity contribution in [3.05, 3.63) is 46.0 Å². The summed E-state index contributed by atoms with van der Waals surface area (Å²) in [6.45, 7) is 5.10. The first-order valence-corrected chi connectivity index (χ1v) is 10.2. The molecule has 1 atom stereocenters. The van der Waals surface area contributed by atoms with Crippen LogP contribution in [-0.4, -0.2) is 34.9 Å². The van der Waals surface area contributed by atoms with Crippen LogP contribution in [0.4, 0.5) is 5.13 Å². The second-order valence-electron chi connectivity index (χ2n) is 6.87. The van der Waals surface area contributed by atoms with Gasteiger partial charge >= 0.3 is 5.97 Å². The van der Waals surface area contributed by atoms with Gasteiger partial charge in [-0.15, -0.1) is 0 Å². The molecule has 0 spiro atoms. The maximum Gasteiger partial charge on any atom is 0.350 e. The molecule has 1 aromatic heterocycles. The van der Waals surface area contributed by atoms with Gasteiger partial charge in [0.1, 0.15) is 4.88 Å². The molecule has 0 bridgehead atoms. The van der Waals surface area contributed by atoms with Gasteiger partial charge in [0.15, 0.2) is 5.13 Å². The number of benzene rings is 1. The van der Waals surface area contributed by atoms with Crippen LogP contribution in [-0.2, 0) is 9.53 Å². The summed E-state index contributed by atoms with van der Waals surface area (Å²) in [7, 11) is 0. The maximum absolute atomic E-state index is 12.4. The second kappa shape index (κ2) is 10.9. The van der Waals surface area contributed by atoms with E-state index in [0.29, 0.717) is 16.1 Å². The van der Waals surface area contributed by atoms with E-state index in [2.05, 4.69) is 15.6 Å². The van der Waals surface area contributed by atoms with Crippen LogP contribution in [0.3, 0.4) is 0 Å². The molecule has 10 heteroatoms. The third-order valence-corrected chi connectivity index (χ3v) is 4.98. The Morgan fingerprint density at radius 3 is 2.65 bits per heavy atom. The number of nitrogens with zero attached hydrogens (tertiary/aromatic N) is 3. The summed E-state index contributed by atoms with van der Waals surface area (Å²) in [6.07, 6.45) is -0.530. The monoisotopic (exact) mass is 439 g/mol. The Morgan fingerprint density at radius 2 is 2.00 bits per heavy atom. The molecule has 1 unspecified atom stereocenters. The lowest BCUT2D eigenvalue weighted by Crippen LogP contribution is -2.37. The van der Waals surface area contributed by atoms with E-state index in [1.807, 2.05) is 12.1 Å². The van der Waals surface area contributed by atoms with E-state index in [-0.39, 0.29) is 29.6 Å². The molecule has 0 fully saturated rings. The zero-order valence-electron chi connectivity index (χ0n) is 17.3. The molecule has 2 aromatic rings. The van der Waals surface area contributed by atoms with Gasteiger partial charge in [-0.3, -0.25) is 9.59 Å². The van der Waals surface area contributed by atoms with Gasteiger partial charge in [-0.05, 0) is 39.0 Å². The molecule has 0 aliphatic rings. The van der Waals surface area contributed by atoms with Crippen molar-refractivity contribution in [1.29, 1.82) is 10.5 Å². The number of carbonyl (C=O) groups is 3. The average Bonchev–Trinajstić information content (AvgIpc) is 3.07. The van der Waals surface area contributed by atoms with Gasteiger partial charge < -0.3 is 15.4 Å². The van der Waals surface area contributed by atoms with Crippen LogP contribution in [0.1, 0.15) is 58.0 Å². The van der Waals surface area contributed by atoms with Crippen LogP contribution in [0.15, 0.2) is 24.3 Å². The van der Waals surface area contributed by atoms with Crippen LogP contribution >= 0.6 is 11.3 Å². The van der Waals surface area contributed by atoms with Crippen molar-refractivity contribution < 1.29 is 19.1 Å². The highest BCUT2D eigenvalue weighted by Crippen LogP contribution is 2.24. The SMILES string of the molecule is Cc1nc(NC(=O)CC(CC#N)NC(=O)c2cccc(C#N)c2)sc1C(=O)OC(C)C. The summed E-state index contributed by atoms with van der Waals surface area (Å²) in [5.41, 5.74) is 1.02. The van der Waals surface area contributed by atoms with Crippen LogP contribution in [0.5, 0.6) is 0 Å². The summed E-state index contributed by atoms with van der Waals surface area (Å²) in [4.78, 5) is 41.4. The number of aryl methyl sites for hydroxylation is 1. The lowest BCUT2D eigenvalue weighted by atomic mass is 10.1. The molecule has 1 heterocycles. The number of aromatic nitrogens is 1. The minimum Gasteiger partial charge on any atom is -0.459 e. The number of hydrogen-bond donors (Lipinski definition) is 2. The van der Waals surface area contributed by atoms with Crippen molar-refractivity contribution in [1.82, 2.24) is 10.3 Å².